The van der Waals surface area contributed by atoms with Crippen LogP contribution >= 0.6 is 0 Å². The van der Waals surface area contributed by atoms with E-state index in [2.05, 4.69) is 6.58 Å². The number of hydrogen-bond acceptors (Lipinski definition) is 0. The van der Waals surface area contributed by atoms with E-state index in [1.54, 1.807) is 18.2 Å². The molecule has 1 heteroatoms. The number of halogens is 1. The maximum absolute atomic E-state index is 11.1. The SMILES string of the molecule is C=C/C=C\C=C/F. The second-order valence-electron chi connectivity index (χ2n) is 0.939. The van der Waals surface area contributed by atoms with Crippen molar-refractivity contribution < 1.29 is 4.39 Å². The Balaban J connectivity index is 3.27. The van der Waals surface area contributed by atoms with Crippen LogP contribution in [0.3, 0.4) is 0 Å². The van der Waals surface area contributed by atoms with Crippen molar-refractivity contribution in [2.24, 2.45) is 0 Å². The lowest BCUT2D eigenvalue weighted by Crippen LogP contribution is -1.41. The van der Waals surface area contributed by atoms with Gasteiger partial charge >= 0.3 is 0 Å². The Hall–Kier alpha value is -0.850. The molecule has 0 aliphatic heterocycles. The van der Waals surface area contributed by atoms with Gasteiger partial charge in [0.05, 0.1) is 6.33 Å². The summed E-state index contributed by atoms with van der Waals surface area (Å²) < 4.78 is 11.1. The van der Waals surface area contributed by atoms with Crippen molar-refractivity contribution in [1.82, 2.24) is 0 Å². The molecule has 0 nitrogen and oxygen atoms in total. The van der Waals surface area contributed by atoms with Crippen LogP contribution < -0.4 is 0 Å². The van der Waals surface area contributed by atoms with Gasteiger partial charge in [0, 0.05) is 0 Å². The van der Waals surface area contributed by atoms with Crippen LogP contribution in [0.5, 0.6) is 0 Å². The lowest BCUT2D eigenvalue weighted by Gasteiger charge is -1.63. The summed E-state index contributed by atoms with van der Waals surface area (Å²) in [4.78, 5) is 0. The summed E-state index contributed by atoms with van der Waals surface area (Å²) >= 11 is 0. The Morgan fingerprint density at radius 2 is 1.86 bits per heavy atom. The molecule has 0 fully saturated rings. The molecule has 38 valence electrons. The minimum absolute atomic E-state index is 0.472. The monoisotopic (exact) mass is 98.1 g/mol. The molecular weight excluding hydrogens is 91.1 g/mol. The largest absolute Gasteiger partial charge is 0.216 e. The van der Waals surface area contributed by atoms with E-state index in [0.29, 0.717) is 6.33 Å². The minimum atomic E-state index is 0.472. The van der Waals surface area contributed by atoms with E-state index < -0.39 is 0 Å². The molecule has 0 heterocycles. The second-order valence-corrected chi connectivity index (χ2v) is 0.939. The maximum Gasteiger partial charge on any atom is 0.0866 e. The molecule has 0 saturated heterocycles. The lowest BCUT2D eigenvalue weighted by molar-refractivity contribution is 0.721. The van der Waals surface area contributed by atoms with E-state index in [9.17, 15) is 4.39 Å². The Morgan fingerprint density at radius 3 is 2.29 bits per heavy atom. The number of allylic oxidation sites excluding steroid dienone is 4. The maximum atomic E-state index is 11.1. The van der Waals surface area contributed by atoms with Crippen LogP contribution in [0.15, 0.2) is 37.2 Å². The topological polar surface area (TPSA) is 0 Å². The summed E-state index contributed by atoms with van der Waals surface area (Å²) in [5, 5.41) is 0. The van der Waals surface area contributed by atoms with Crippen LogP contribution in [-0.4, -0.2) is 0 Å². The highest BCUT2D eigenvalue weighted by Gasteiger charge is 1.54. The quantitative estimate of drug-likeness (QED) is 0.464. The predicted molar refractivity (Wildman–Crippen MR) is 29.6 cm³/mol. The Bertz CT molecular complexity index is 90.4. The molecule has 0 aromatic heterocycles. The molecule has 0 bridgehead atoms. The van der Waals surface area contributed by atoms with Crippen molar-refractivity contribution in [3.63, 3.8) is 0 Å². The highest BCUT2D eigenvalue weighted by atomic mass is 19.1. The molecule has 0 spiro atoms. The smallest absolute Gasteiger partial charge is 0.0866 e. The summed E-state index contributed by atoms with van der Waals surface area (Å²) in [6.45, 7) is 3.39. The summed E-state index contributed by atoms with van der Waals surface area (Å²) in [6.07, 6.45) is 6.56. The van der Waals surface area contributed by atoms with Gasteiger partial charge in [-0.2, -0.15) is 0 Å². The normalized spacial score (nSPS) is 11.0. The van der Waals surface area contributed by atoms with Gasteiger partial charge in [0.25, 0.3) is 0 Å². The molecule has 0 aliphatic carbocycles. The first-order valence-electron chi connectivity index (χ1n) is 1.96. The van der Waals surface area contributed by atoms with Gasteiger partial charge in [0.1, 0.15) is 0 Å². The van der Waals surface area contributed by atoms with Gasteiger partial charge in [-0.05, 0) is 6.08 Å². The van der Waals surface area contributed by atoms with Gasteiger partial charge in [-0.3, -0.25) is 0 Å². The van der Waals surface area contributed by atoms with Gasteiger partial charge in [0.2, 0.25) is 0 Å². The summed E-state index contributed by atoms with van der Waals surface area (Å²) in [7, 11) is 0. The van der Waals surface area contributed by atoms with Gasteiger partial charge in [-0.25, -0.2) is 4.39 Å². The molecule has 0 radical (unpaired) electrons. The fourth-order valence-corrected chi connectivity index (χ4v) is 0.185. The van der Waals surface area contributed by atoms with Crippen LogP contribution in [0.1, 0.15) is 0 Å². The van der Waals surface area contributed by atoms with E-state index >= 15 is 0 Å². The average Bonchev–Trinajstić information content (AvgIpc) is 1.69. The lowest BCUT2D eigenvalue weighted by atomic mass is 10.5. The Morgan fingerprint density at radius 1 is 1.14 bits per heavy atom. The van der Waals surface area contributed by atoms with Crippen LogP contribution in [0.2, 0.25) is 0 Å². The zero-order valence-corrected chi connectivity index (χ0v) is 3.97. The molecule has 0 rings (SSSR count). The van der Waals surface area contributed by atoms with Crippen LogP contribution in [0.4, 0.5) is 4.39 Å². The third-order valence-electron chi connectivity index (χ3n) is 0.431. The van der Waals surface area contributed by atoms with Crippen molar-refractivity contribution in [1.29, 1.82) is 0 Å². The molecular formula is C6H7F. The molecule has 0 N–H and O–H groups in total. The van der Waals surface area contributed by atoms with Crippen molar-refractivity contribution in [3.05, 3.63) is 37.2 Å². The molecule has 7 heavy (non-hydrogen) atoms. The average molecular weight is 98.1 g/mol. The van der Waals surface area contributed by atoms with Crippen LogP contribution in [0, 0.1) is 0 Å². The molecule has 0 amide bonds. The van der Waals surface area contributed by atoms with Gasteiger partial charge < -0.3 is 0 Å². The van der Waals surface area contributed by atoms with E-state index in [4.69, 9.17) is 0 Å². The molecule has 0 saturated carbocycles. The van der Waals surface area contributed by atoms with E-state index in [1.165, 1.54) is 6.08 Å². The van der Waals surface area contributed by atoms with Crippen molar-refractivity contribution in [2.45, 2.75) is 0 Å². The molecule has 0 aliphatic rings. The van der Waals surface area contributed by atoms with E-state index in [-0.39, 0.29) is 0 Å². The summed E-state index contributed by atoms with van der Waals surface area (Å²) in [6, 6.07) is 0. The Kier molecular flexibility index (Phi) is 4.52. The van der Waals surface area contributed by atoms with Crippen molar-refractivity contribution in [2.75, 3.05) is 0 Å². The summed E-state index contributed by atoms with van der Waals surface area (Å²) in [5.41, 5.74) is 0. The third-order valence-corrected chi connectivity index (χ3v) is 0.431. The van der Waals surface area contributed by atoms with Gasteiger partial charge in [-0.15, -0.1) is 0 Å². The fraction of sp³-hybridized carbons (Fsp3) is 0. The molecule has 0 aromatic carbocycles. The standard InChI is InChI=1S/C6H7F/c1-2-3-4-5-6-7/h2-6H,1H2/b4-3-,6-5-. The van der Waals surface area contributed by atoms with Crippen LogP contribution in [0.25, 0.3) is 0 Å². The molecule has 0 unspecified atom stereocenters. The highest BCUT2D eigenvalue weighted by Crippen LogP contribution is 1.76. The zero-order valence-electron chi connectivity index (χ0n) is 3.97. The van der Waals surface area contributed by atoms with Gasteiger partial charge in [-0.1, -0.05) is 24.8 Å². The third kappa shape index (κ3) is 5.15. The zero-order chi connectivity index (χ0) is 5.54. The minimum Gasteiger partial charge on any atom is -0.216 e. The fourth-order valence-electron chi connectivity index (χ4n) is 0.185. The van der Waals surface area contributed by atoms with E-state index in [0.717, 1.165) is 0 Å². The van der Waals surface area contributed by atoms with E-state index in [1.807, 2.05) is 0 Å². The molecule has 0 aromatic rings. The van der Waals surface area contributed by atoms with Gasteiger partial charge in [0.15, 0.2) is 0 Å². The Labute approximate surface area is 42.7 Å². The predicted octanol–water partition coefficient (Wildman–Crippen LogP) is 2.21. The second kappa shape index (κ2) is 5.15. The molecule has 0 atom stereocenters. The summed E-state index contributed by atoms with van der Waals surface area (Å²) in [5.74, 6) is 0. The number of hydrogen-bond donors (Lipinski definition) is 0. The highest BCUT2D eigenvalue weighted by molar-refractivity contribution is 5.06. The van der Waals surface area contributed by atoms with Crippen LogP contribution in [-0.2, 0) is 0 Å². The first-order valence-corrected chi connectivity index (χ1v) is 1.96. The first kappa shape index (κ1) is 6.15. The first-order chi connectivity index (χ1) is 3.41. The van der Waals surface area contributed by atoms with Crippen molar-refractivity contribution >= 4 is 0 Å². The number of rotatable bonds is 2. The van der Waals surface area contributed by atoms with Crippen molar-refractivity contribution in [3.8, 4) is 0 Å².